The van der Waals surface area contributed by atoms with Gasteiger partial charge in [-0.2, -0.15) is 0 Å². The fourth-order valence-electron chi connectivity index (χ4n) is 1.95. The van der Waals surface area contributed by atoms with Crippen molar-refractivity contribution in [2.75, 3.05) is 27.2 Å². The van der Waals surface area contributed by atoms with Crippen LogP contribution in [0, 0.1) is 11.7 Å². The average molecular weight is 437 g/mol. The van der Waals surface area contributed by atoms with Gasteiger partial charge in [-0.3, -0.25) is 9.79 Å². The van der Waals surface area contributed by atoms with Crippen LogP contribution in [0.1, 0.15) is 19.4 Å². The fourth-order valence-corrected chi connectivity index (χ4v) is 1.95. The number of hydrogen-bond donors (Lipinski definition) is 1. The van der Waals surface area contributed by atoms with Crippen molar-refractivity contribution in [2.24, 2.45) is 10.9 Å². The smallest absolute Gasteiger partial charge is 0.310 e. The Bertz CT molecular complexity index is 526. The van der Waals surface area contributed by atoms with Crippen LogP contribution in [0.2, 0.25) is 0 Å². The van der Waals surface area contributed by atoms with E-state index in [0.29, 0.717) is 25.6 Å². The van der Waals surface area contributed by atoms with E-state index in [0.717, 1.165) is 5.56 Å². The molecule has 130 valence electrons. The quantitative estimate of drug-likeness (QED) is 0.322. The third-order valence-electron chi connectivity index (χ3n) is 3.12. The van der Waals surface area contributed by atoms with Crippen molar-refractivity contribution in [3.63, 3.8) is 0 Å². The van der Waals surface area contributed by atoms with Gasteiger partial charge in [0.25, 0.3) is 0 Å². The monoisotopic (exact) mass is 437 g/mol. The largest absolute Gasteiger partial charge is 0.469 e. The van der Waals surface area contributed by atoms with Gasteiger partial charge in [0.1, 0.15) is 5.82 Å². The zero-order valence-corrected chi connectivity index (χ0v) is 16.3. The molecule has 1 N–H and O–H groups in total. The van der Waals surface area contributed by atoms with Gasteiger partial charge in [-0.25, -0.2) is 4.39 Å². The third kappa shape index (κ3) is 7.62. The molecule has 5 nitrogen and oxygen atoms in total. The van der Waals surface area contributed by atoms with E-state index in [9.17, 15) is 9.18 Å². The first-order valence-electron chi connectivity index (χ1n) is 7.29. The van der Waals surface area contributed by atoms with Crippen LogP contribution in [0.4, 0.5) is 4.39 Å². The zero-order chi connectivity index (χ0) is 16.5. The Morgan fingerprint density at radius 2 is 2.17 bits per heavy atom. The Morgan fingerprint density at radius 1 is 1.48 bits per heavy atom. The van der Waals surface area contributed by atoms with Gasteiger partial charge in [0.15, 0.2) is 5.96 Å². The molecule has 0 aliphatic rings. The molecule has 0 amide bonds. The van der Waals surface area contributed by atoms with E-state index in [4.69, 9.17) is 0 Å². The van der Waals surface area contributed by atoms with Crippen LogP contribution in [0.3, 0.4) is 0 Å². The number of methoxy groups -OCH3 is 1. The Hall–Kier alpha value is -1.38. The number of nitrogens with one attached hydrogen (secondary N) is 1. The molecule has 7 heteroatoms. The molecule has 0 saturated carbocycles. The highest BCUT2D eigenvalue weighted by Crippen LogP contribution is 2.07. The third-order valence-corrected chi connectivity index (χ3v) is 3.12. The Balaban J connectivity index is 0.00000484. The number of carbonyl (C=O) groups excluding carboxylic acids is 1. The van der Waals surface area contributed by atoms with Gasteiger partial charge in [0.2, 0.25) is 0 Å². The highest BCUT2D eigenvalue weighted by molar-refractivity contribution is 14.0. The molecule has 1 rings (SSSR count). The molecule has 0 radical (unpaired) electrons. The van der Waals surface area contributed by atoms with Crippen LogP contribution in [0.5, 0.6) is 0 Å². The molecular formula is C16H25FIN3O2. The summed E-state index contributed by atoms with van der Waals surface area (Å²) in [6.45, 7) is 5.30. The number of benzene rings is 1. The average Bonchev–Trinajstić information content (AvgIpc) is 2.50. The van der Waals surface area contributed by atoms with Gasteiger partial charge in [0, 0.05) is 20.1 Å². The predicted molar refractivity (Wildman–Crippen MR) is 100 cm³/mol. The molecule has 0 bridgehead atoms. The number of aliphatic imine (C=N–C) groups is 1. The number of guanidine groups is 1. The highest BCUT2D eigenvalue weighted by Gasteiger charge is 2.14. The van der Waals surface area contributed by atoms with Crippen LogP contribution in [0.25, 0.3) is 0 Å². The van der Waals surface area contributed by atoms with Crippen molar-refractivity contribution >= 4 is 35.9 Å². The van der Waals surface area contributed by atoms with Gasteiger partial charge in [-0.1, -0.05) is 19.1 Å². The number of ether oxygens (including phenoxy) is 1. The van der Waals surface area contributed by atoms with Gasteiger partial charge in [-0.15, -0.1) is 24.0 Å². The minimum atomic E-state index is -0.304. The number of nitrogens with zero attached hydrogens (tertiary/aromatic N) is 2. The second-order valence-electron chi connectivity index (χ2n) is 5.10. The van der Waals surface area contributed by atoms with E-state index < -0.39 is 0 Å². The fraction of sp³-hybridized carbons (Fsp3) is 0.500. The van der Waals surface area contributed by atoms with E-state index in [2.05, 4.69) is 15.0 Å². The van der Waals surface area contributed by atoms with Crippen molar-refractivity contribution in [3.05, 3.63) is 35.6 Å². The first-order valence-corrected chi connectivity index (χ1v) is 7.29. The lowest BCUT2D eigenvalue weighted by Gasteiger charge is -2.22. The van der Waals surface area contributed by atoms with E-state index in [1.54, 1.807) is 13.0 Å². The second kappa shape index (κ2) is 11.2. The first-order chi connectivity index (χ1) is 10.5. The van der Waals surface area contributed by atoms with Gasteiger partial charge < -0.3 is 15.0 Å². The summed E-state index contributed by atoms with van der Waals surface area (Å²) in [5.41, 5.74) is 0.856. The molecule has 0 heterocycles. The molecule has 0 saturated heterocycles. The molecular weight excluding hydrogens is 412 g/mol. The number of esters is 1. The van der Waals surface area contributed by atoms with Crippen molar-refractivity contribution in [2.45, 2.75) is 20.4 Å². The highest BCUT2D eigenvalue weighted by atomic mass is 127. The van der Waals surface area contributed by atoms with Crippen molar-refractivity contribution in [1.82, 2.24) is 10.2 Å². The Morgan fingerprint density at radius 3 is 2.74 bits per heavy atom. The van der Waals surface area contributed by atoms with E-state index in [1.165, 1.54) is 19.2 Å². The summed E-state index contributed by atoms with van der Waals surface area (Å²) >= 11 is 0. The number of halogens is 2. The summed E-state index contributed by atoms with van der Waals surface area (Å²) < 4.78 is 17.9. The number of carbonyl (C=O) groups is 1. The summed E-state index contributed by atoms with van der Waals surface area (Å²) in [6.07, 6.45) is 0. The maximum atomic E-state index is 13.2. The predicted octanol–water partition coefficient (Wildman–Crippen LogP) is 2.65. The maximum absolute atomic E-state index is 13.2. The standard InChI is InChI=1S/C16H24FN3O2.HI/c1-5-18-16(19-10-12(2)15(21)22-4)20(3)11-13-7-6-8-14(17)9-13;/h6-9,12H,5,10-11H2,1-4H3,(H,18,19);1H. The van der Waals surface area contributed by atoms with Crippen molar-refractivity contribution in [1.29, 1.82) is 0 Å². The zero-order valence-electron chi connectivity index (χ0n) is 14.0. The SMILES string of the molecule is CCNC(=NCC(C)C(=O)OC)N(C)Cc1cccc(F)c1.I. The molecule has 23 heavy (non-hydrogen) atoms. The lowest BCUT2D eigenvalue weighted by atomic mass is 10.2. The first kappa shape index (κ1) is 21.6. The molecule has 0 aliphatic heterocycles. The van der Waals surface area contributed by atoms with E-state index >= 15 is 0 Å². The lowest BCUT2D eigenvalue weighted by Crippen LogP contribution is -2.39. The molecule has 1 aromatic carbocycles. The van der Waals surface area contributed by atoms with E-state index in [-0.39, 0.29) is 41.7 Å². The van der Waals surface area contributed by atoms with Gasteiger partial charge in [0.05, 0.1) is 19.6 Å². The molecule has 1 atom stereocenters. The van der Waals surface area contributed by atoms with Crippen LogP contribution in [0.15, 0.2) is 29.3 Å². The molecule has 1 aromatic rings. The van der Waals surface area contributed by atoms with Crippen LogP contribution in [-0.4, -0.2) is 44.1 Å². The summed E-state index contributed by atoms with van der Waals surface area (Å²) in [6, 6.07) is 6.46. The number of hydrogen-bond acceptors (Lipinski definition) is 3. The van der Waals surface area contributed by atoms with Crippen LogP contribution < -0.4 is 5.32 Å². The van der Waals surface area contributed by atoms with Crippen LogP contribution >= 0.6 is 24.0 Å². The minimum absolute atomic E-state index is 0. The number of rotatable bonds is 6. The topological polar surface area (TPSA) is 53.9 Å². The maximum Gasteiger partial charge on any atom is 0.310 e. The summed E-state index contributed by atoms with van der Waals surface area (Å²) in [4.78, 5) is 17.7. The lowest BCUT2D eigenvalue weighted by molar-refractivity contribution is -0.144. The van der Waals surface area contributed by atoms with Crippen molar-refractivity contribution in [3.8, 4) is 0 Å². The van der Waals surface area contributed by atoms with Crippen molar-refractivity contribution < 1.29 is 13.9 Å². The molecule has 0 fully saturated rings. The Kier molecular flexibility index (Phi) is 10.5. The molecule has 0 aromatic heterocycles. The summed E-state index contributed by atoms with van der Waals surface area (Å²) in [5, 5.41) is 3.16. The minimum Gasteiger partial charge on any atom is -0.469 e. The summed E-state index contributed by atoms with van der Waals surface area (Å²) in [5.74, 6) is -0.178. The molecule has 1 unspecified atom stereocenters. The second-order valence-corrected chi connectivity index (χ2v) is 5.10. The summed E-state index contributed by atoms with van der Waals surface area (Å²) in [7, 11) is 3.24. The molecule has 0 aliphatic carbocycles. The van der Waals surface area contributed by atoms with E-state index in [1.807, 2.05) is 24.9 Å². The van der Waals surface area contributed by atoms with Gasteiger partial charge in [-0.05, 0) is 24.6 Å². The van der Waals surface area contributed by atoms with Crippen LogP contribution in [-0.2, 0) is 16.1 Å². The molecule has 0 spiro atoms. The Labute approximate surface area is 154 Å². The normalized spacial score (nSPS) is 12.1. The van der Waals surface area contributed by atoms with Gasteiger partial charge >= 0.3 is 5.97 Å².